The molecular weight excluding hydrogens is 424 g/mol. The molecule has 0 saturated heterocycles. The minimum absolute atomic E-state index is 0.220. The number of azo groups is 1. The van der Waals surface area contributed by atoms with Crippen LogP contribution in [0, 0.1) is 6.92 Å². The fourth-order valence-corrected chi connectivity index (χ4v) is 3.67. The Morgan fingerprint density at radius 2 is 1.26 bits per heavy atom. The molecule has 0 atom stereocenters. The number of rotatable bonds is 8. The summed E-state index contributed by atoms with van der Waals surface area (Å²) < 4.78 is 0. The quantitative estimate of drug-likeness (QED) is 0.323. The summed E-state index contributed by atoms with van der Waals surface area (Å²) in [5.74, 6) is 0.220. The van der Waals surface area contributed by atoms with Crippen molar-refractivity contribution in [3.63, 3.8) is 0 Å². The maximum atomic E-state index is 10.4. The van der Waals surface area contributed by atoms with Crippen LogP contribution in [-0.4, -0.2) is 29.2 Å². The molecule has 4 rings (SSSR count). The molecule has 0 aliphatic carbocycles. The predicted molar refractivity (Wildman–Crippen MR) is 136 cm³/mol. The summed E-state index contributed by atoms with van der Waals surface area (Å²) in [5.41, 5.74) is 5.80. The van der Waals surface area contributed by atoms with E-state index >= 15 is 0 Å². The van der Waals surface area contributed by atoms with Crippen molar-refractivity contribution in [3.8, 4) is 5.75 Å². The number of aromatic nitrogens is 2. The van der Waals surface area contributed by atoms with E-state index in [1.54, 1.807) is 18.5 Å². The van der Waals surface area contributed by atoms with Crippen LogP contribution in [0.3, 0.4) is 0 Å². The molecule has 2 aromatic heterocycles. The highest BCUT2D eigenvalue weighted by Gasteiger charge is 2.13. The number of phenolic OH excluding ortho intramolecular Hbond substituents is 1. The Morgan fingerprint density at radius 1 is 0.706 bits per heavy atom. The molecule has 0 aliphatic rings. The molecule has 0 aliphatic heterocycles. The van der Waals surface area contributed by atoms with Gasteiger partial charge < -0.3 is 14.9 Å². The highest BCUT2D eigenvalue weighted by atomic mass is 16.3. The van der Waals surface area contributed by atoms with Gasteiger partial charge in [-0.05, 0) is 55.0 Å². The third kappa shape index (κ3) is 5.56. The van der Waals surface area contributed by atoms with Gasteiger partial charge >= 0.3 is 0 Å². The molecule has 172 valence electrons. The third-order valence-corrected chi connectivity index (χ3v) is 5.51. The number of hydrogen-bond donors (Lipinski definition) is 1. The average molecular weight is 453 g/mol. The Balaban J connectivity index is 1.62. The Kier molecular flexibility index (Phi) is 7.13. The summed E-state index contributed by atoms with van der Waals surface area (Å²) in [4.78, 5) is 12.9. The number of aryl methyl sites for hydroxylation is 1. The summed E-state index contributed by atoms with van der Waals surface area (Å²) in [6.07, 6.45) is 3.57. The number of aromatic hydroxyl groups is 1. The minimum atomic E-state index is 0.220. The lowest BCUT2D eigenvalue weighted by molar-refractivity contribution is 0.471. The van der Waals surface area contributed by atoms with Crippen molar-refractivity contribution >= 4 is 22.7 Å². The van der Waals surface area contributed by atoms with E-state index in [9.17, 15) is 5.11 Å². The topological polar surface area (TPSA) is 77.2 Å². The minimum Gasteiger partial charge on any atom is -0.508 e. The van der Waals surface area contributed by atoms with Gasteiger partial charge in [0.05, 0.1) is 35.9 Å². The molecule has 0 amide bonds. The first-order valence-corrected chi connectivity index (χ1v) is 11.1. The summed E-state index contributed by atoms with van der Waals surface area (Å²) in [6.45, 7) is 3.09. The van der Waals surface area contributed by atoms with Crippen LogP contribution in [-0.2, 0) is 13.1 Å². The first-order chi connectivity index (χ1) is 16.5. The molecule has 7 heteroatoms. The first kappa shape index (κ1) is 22.9. The first-order valence-electron chi connectivity index (χ1n) is 11.1. The van der Waals surface area contributed by atoms with E-state index in [1.165, 1.54) is 0 Å². The van der Waals surface area contributed by atoms with Gasteiger partial charge in [-0.15, -0.1) is 10.2 Å². The van der Waals surface area contributed by atoms with Crippen LogP contribution in [0.1, 0.15) is 17.0 Å². The Labute approximate surface area is 200 Å². The fraction of sp³-hybridized carbons (Fsp3) is 0.185. The van der Waals surface area contributed by atoms with Crippen LogP contribution in [0.15, 0.2) is 95.4 Å². The van der Waals surface area contributed by atoms with E-state index in [-0.39, 0.29) is 5.75 Å². The zero-order valence-electron chi connectivity index (χ0n) is 19.6. The average Bonchev–Trinajstić information content (AvgIpc) is 2.86. The van der Waals surface area contributed by atoms with Crippen molar-refractivity contribution < 1.29 is 5.11 Å². The largest absolute Gasteiger partial charge is 0.508 e. The van der Waals surface area contributed by atoms with Gasteiger partial charge in [-0.25, -0.2) is 0 Å². The molecule has 0 saturated carbocycles. The Bertz CT molecular complexity index is 1260. The van der Waals surface area contributed by atoms with Crippen LogP contribution in [0.4, 0.5) is 22.7 Å². The van der Waals surface area contributed by atoms with Crippen LogP contribution < -0.4 is 9.80 Å². The van der Waals surface area contributed by atoms with Crippen molar-refractivity contribution in [1.29, 1.82) is 0 Å². The standard InChI is InChI=1S/C27H28N6O/c1-20-16-24(26(17-27(20)34)33(3)19-22-11-7-9-15-29-22)31-30-23-12-4-5-13-25(23)32(2)18-21-10-6-8-14-28-21/h4-17,34H,18-19H2,1-3H3. The van der Waals surface area contributed by atoms with E-state index in [0.717, 1.165) is 34.0 Å². The summed E-state index contributed by atoms with van der Waals surface area (Å²) in [7, 11) is 3.96. The van der Waals surface area contributed by atoms with Gasteiger partial charge in [-0.3, -0.25) is 9.97 Å². The highest BCUT2D eigenvalue weighted by Crippen LogP contribution is 2.37. The molecular formula is C27H28N6O. The van der Waals surface area contributed by atoms with Crippen molar-refractivity contribution in [2.75, 3.05) is 23.9 Å². The molecule has 2 aromatic carbocycles. The maximum Gasteiger partial charge on any atom is 0.120 e. The van der Waals surface area contributed by atoms with Crippen LogP contribution >= 0.6 is 0 Å². The Hall–Kier alpha value is -4.26. The zero-order chi connectivity index (χ0) is 23.9. The van der Waals surface area contributed by atoms with Crippen LogP contribution in [0.5, 0.6) is 5.75 Å². The van der Waals surface area contributed by atoms with Gasteiger partial charge in [-0.1, -0.05) is 24.3 Å². The van der Waals surface area contributed by atoms with Gasteiger partial charge in [0, 0.05) is 32.6 Å². The highest BCUT2D eigenvalue weighted by molar-refractivity contribution is 5.71. The van der Waals surface area contributed by atoms with E-state index in [4.69, 9.17) is 0 Å². The molecule has 0 fully saturated rings. The molecule has 0 spiro atoms. The molecule has 0 unspecified atom stereocenters. The van der Waals surface area contributed by atoms with Crippen LogP contribution in [0.25, 0.3) is 0 Å². The van der Waals surface area contributed by atoms with Gasteiger partial charge in [0.2, 0.25) is 0 Å². The van der Waals surface area contributed by atoms with Gasteiger partial charge in [0.25, 0.3) is 0 Å². The molecule has 0 radical (unpaired) electrons. The van der Waals surface area contributed by atoms with E-state index in [1.807, 2.05) is 92.6 Å². The smallest absolute Gasteiger partial charge is 0.120 e. The lowest BCUT2D eigenvalue weighted by atomic mass is 10.1. The van der Waals surface area contributed by atoms with Crippen LogP contribution in [0.2, 0.25) is 0 Å². The number of benzene rings is 2. The number of pyridine rings is 2. The number of anilines is 2. The lowest BCUT2D eigenvalue weighted by Crippen LogP contribution is -2.17. The fourth-order valence-electron chi connectivity index (χ4n) is 3.67. The van der Waals surface area contributed by atoms with Crippen molar-refractivity contribution in [2.45, 2.75) is 20.0 Å². The SMILES string of the molecule is Cc1cc(N=Nc2ccccc2N(C)Cc2ccccn2)c(N(C)Cc2ccccn2)cc1O. The maximum absolute atomic E-state index is 10.4. The second kappa shape index (κ2) is 10.6. The van der Waals surface area contributed by atoms with E-state index in [2.05, 4.69) is 25.1 Å². The monoisotopic (exact) mass is 452 g/mol. The molecule has 1 N–H and O–H groups in total. The molecule has 34 heavy (non-hydrogen) atoms. The molecule has 4 aromatic rings. The number of hydrogen-bond acceptors (Lipinski definition) is 7. The van der Waals surface area contributed by atoms with Crippen molar-refractivity contribution in [2.24, 2.45) is 10.2 Å². The molecule has 0 bridgehead atoms. The second-order valence-electron chi connectivity index (χ2n) is 8.17. The predicted octanol–water partition coefficient (Wildman–Crippen LogP) is 6.18. The number of para-hydroxylation sites is 1. The van der Waals surface area contributed by atoms with Crippen molar-refractivity contribution in [3.05, 3.63) is 102 Å². The van der Waals surface area contributed by atoms with Gasteiger partial charge in [0.15, 0.2) is 0 Å². The van der Waals surface area contributed by atoms with E-state index < -0.39 is 0 Å². The van der Waals surface area contributed by atoms with Gasteiger partial charge in [-0.2, -0.15) is 0 Å². The molecule has 2 heterocycles. The summed E-state index contributed by atoms with van der Waals surface area (Å²) >= 11 is 0. The summed E-state index contributed by atoms with van der Waals surface area (Å²) in [6, 6.07) is 23.2. The third-order valence-electron chi connectivity index (χ3n) is 5.51. The summed E-state index contributed by atoms with van der Waals surface area (Å²) in [5, 5.41) is 19.6. The Morgan fingerprint density at radius 3 is 1.88 bits per heavy atom. The normalized spacial score (nSPS) is 11.0. The lowest BCUT2D eigenvalue weighted by Gasteiger charge is -2.22. The number of phenols is 1. The van der Waals surface area contributed by atoms with Gasteiger partial charge in [0.1, 0.15) is 17.1 Å². The number of nitrogens with zero attached hydrogens (tertiary/aromatic N) is 6. The molecule has 7 nitrogen and oxygen atoms in total. The van der Waals surface area contributed by atoms with E-state index in [0.29, 0.717) is 18.8 Å². The van der Waals surface area contributed by atoms with Crippen molar-refractivity contribution in [1.82, 2.24) is 9.97 Å². The second-order valence-corrected chi connectivity index (χ2v) is 8.17. The zero-order valence-corrected chi connectivity index (χ0v) is 19.6.